The molecule has 0 aliphatic heterocycles. The summed E-state index contributed by atoms with van der Waals surface area (Å²) in [4.78, 5) is 19.7. The smallest absolute Gasteiger partial charge is 0.583 e. The first-order chi connectivity index (χ1) is 5.25. The molecule has 0 aromatic carbocycles. The molecule has 9 heteroatoms. The van der Waals surface area contributed by atoms with Gasteiger partial charge in [-0.3, -0.25) is 0 Å². The fourth-order valence-corrected chi connectivity index (χ4v) is 0.911. The van der Waals surface area contributed by atoms with Crippen molar-refractivity contribution in [1.29, 1.82) is 0 Å². The predicted molar refractivity (Wildman–Crippen MR) is 29.4 cm³/mol. The van der Waals surface area contributed by atoms with E-state index in [9.17, 15) is 28.2 Å². The number of hydrogen-bond donors (Lipinski definition) is 1. The quantitative estimate of drug-likeness (QED) is 0.281. The van der Waals surface area contributed by atoms with Gasteiger partial charge in [0.15, 0.2) is 10.1 Å². The Morgan fingerprint density at radius 3 is 1.77 bits per heavy atom. The second kappa shape index (κ2) is 5.45. The molecular weight excluding hydrogens is 215 g/mol. The summed E-state index contributed by atoms with van der Waals surface area (Å²) in [6.45, 7) is 0. The van der Waals surface area contributed by atoms with Gasteiger partial charge in [0.2, 0.25) is 0 Å². The second-order valence-electron chi connectivity index (χ2n) is 1.73. The molecule has 70 valence electrons. The Bertz CT molecular complexity index is 294. The van der Waals surface area contributed by atoms with Gasteiger partial charge in [-0.15, -0.1) is 6.42 Å². The minimum absolute atomic E-state index is 0. The molecule has 0 bridgehead atoms. The van der Waals surface area contributed by atoms with E-state index >= 15 is 0 Å². The normalized spacial score (nSPS) is 9.92. The molecule has 7 nitrogen and oxygen atoms in total. The Hall–Kier alpha value is -0.280. The molecule has 0 atom stereocenters. The zero-order chi connectivity index (χ0) is 9.94. The standard InChI is InChI=1S/C4H5O7S.Na/c5-3(6)1-2(4(7)8)12(9,10)11;/h1H2,(H,5,6)(H,7,8)(H,9,10,11);/q-1;+1/p-2. The maximum Gasteiger partial charge on any atom is 1.00 e. The van der Waals surface area contributed by atoms with Crippen LogP contribution in [0.15, 0.2) is 0 Å². The molecule has 0 saturated carbocycles. The summed E-state index contributed by atoms with van der Waals surface area (Å²) in [5, 5.41) is 18.0. The van der Waals surface area contributed by atoms with Gasteiger partial charge < -0.3 is 24.4 Å². The fraction of sp³-hybridized carbons (Fsp3) is 0.250. The zero-order valence-corrected chi connectivity index (χ0v) is 9.33. The number of carbonyl (C=O) groups is 2. The van der Waals surface area contributed by atoms with E-state index in [-0.39, 0.29) is 29.6 Å². The Labute approximate surface area is 95.8 Å². The van der Waals surface area contributed by atoms with E-state index in [1.807, 2.05) is 0 Å². The van der Waals surface area contributed by atoms with Crippen LogP contribution in [0.5, 0.6) is 0 Å². The molecule has 0 aromatic rings. The summed E-state index contributed by atoms with van der Waals surface area (Å²) < 4.78 is 28.3. The van der Waals surface area contributed by atoms with Crippen LogP contribution in [0.25, 0.3) is 0 Å². The van der Waals surface area contributed by atoms with Crippen molar-refractivity contribution in [3.63, 3.8) is 0 Å². The van der Waals surface area contributed by atoms with Crippen LogP contribution in [0, 0.1) is 5.25 Å². The first-order valence-electron chi connectivity index (χ1n) is 2.49. The SMILES string of the molecule is O=C([O-])C[C-](C(=O)[O-])S(=O)(=O)O.[Na+]. The van der Waals surface area contributed by atoms with Gasteiger partial charge in [0.1, 0.15) is 0 Å². The summed E-state index contributed by atoms with van der Waals surface area (Å²) in [7, 11) is -5.03. The van der Waals surface area contributed by atoms with Crippen LogP contribution in [0.4, 0.5) is 0 Å². The molecule has 0 fully saturated rings. The Morgan fingerprint density at radius 1 is 1.31 bits per heavy atom. The molecule has 0 unspecified atom stereocenters. The van der Waals surface area contributed by atoms with Gasteiger partial charge >= 0.3 is 29.6 Å². The first kappa shape index (κ1) is 15.2. The number of carbonyl (C=O) groups excluding carboxylic acids is 2. The molecule has 0 aliphatic carbocycles. The predicted octanol–water partition coefficient (Wildman–Crippen LogP) is -6.70. The summed E-state index contributed by atoms with van der Waals surface area (Å²) in [5.41, 5.74) is 0. The van der Waals surface area contributed by atoms with E-state index < -0.39 is 33.7 Å². The third-order valence-electron chi connectivity index (χ3n) is 0.844. The van der Waals surface area contributed by atoms with Gasteiger partial charge in [-0.2, -0.15) is 5.25 Å². The largest absolute Gasteiger partial charge is 1.00 e. The minimum Gasteiger partial charge on any atom is -0.583 e. The van der Waals surface area contributed by atoms with Crippen molar-refractivity contribution in [2.45, 2.75) is 6.42 Å². The maximum atomic E-state index is 10.1. The second-order valence-corrected chi connectivity index (χ2v) is 3.18. The van der Waals surface area contributed by atoms with Crippen LogP contribution in [-0.4, -0.2) is 24.9 Å². The van der Waals surface area contributed by atoms with Crippen molar-refractivity contribution >= 4 is 22.1 Å². The van der Waals surface area contributed by atoms with E-state index in [2.05, 4.69) is 0 Å². The van der Waals surface area contributed by atoms with E-state index in [1.165, 1.54) is 0 Å². The molecule has 0 aliphatic rings. The van der Waals surface area contributed by atoms with E-state index in [1.54, 1.807) is 0 Å². The van der Waals surface area contributed by atoms with Crippen molar-refractivity contribution in [3.8, 4) is 0 Å². The van der Waals surface area contributed by atoms with Gasteiger partial charge in [-0.25, -0.2) is 8.42 Å². The molecule has 0 heterocycles. The molecule has 0 spiro atoms. The number of aliphatic carboxylic acids is 2. The molecule has 0 amide bonds. The average molecular weight is 218 g/mol. The van der Waals surface area contributed by atoms with Gasteiger partial charge in [0.05, 0.1) is 0 Å². The summed E-state index contributed by atoms with van der Waals surface area (Å²) in [6.07, 6.45) is -1.42. The van der Waals surface area contributed by atoms with Crippen LogP contribution in [0.2, 0.25) is 0 Å². The molecule has 13 heavy (non-hydrogen) atoms. The van der Waals surface area contributed by atoms with Crippen molar-refractivity contribution in [1.82, 2.24) is 0 Å². The van der Waals surface area contributed by atoms with Crippen molar-refractivity contribution in [3.05, 3.63) is 5.25 Å². The van der Waals surface area contributed by atoms with Gasteiger partial charge in [-0.05, 0) is 0 Å². The van der Waals surface area contributed by atoms with Crippen LogP contribution in [0.3, 0.4) is 0 Å². The van der Waals surface area contributed by atoms with Gasteiger partial charge in [-0.1, -0.05) is 5.97 Å². The fourth-order valence-electron chi connectivity index (χ4n) is 0.400. The van der Waals surface area contributed by atoms with Crippen LogP contribution >= 0.6 is 0 Å². The maximum absolute atomic E-state index is 10.1. The third-order valence-corrected chi connectivity index (χ3v) is 1.78. The van der Waals surface area contributed by atoms with Crippen LogP contribution in [-0.2, 0) is 19.7 Å². The van der Waals surface area contributed by atoms with Crippen molar-refractivity contribution in [2.24, 2.45) is 0 Å². The molecule has 1 N–H and O–H groups in total. The Kier molecular flexibility index (Phi) is 6.37. The van der Waals surface area contributed by atoms with E-state index in [4.69, 9.17) is 4.55 Å². The van der Waals surface area contributed by atoms with Crippen molar-refractivity contribution in [2.75, 3.05) is 0 Å². The Balaban J connectivity index is 0. The average Bonchev–Trinajstić information content (AvgIpc) is 1.79. The number of carboxylic acids is 2. The van der Waals surface area contributed by atoms with Crippen molar-refractivity contribution < 1.29 is 62.3 Å². The summed E-state index contributed by atoms with van der Waals surface area (Å²) >= 11 is 0. The molecule has 0 saturated heterocycles. The van der Waals surface area contributed by atoms with Crippen LogP contribution in [0.1, 0.15) is 6.42 Å². The molecule has 0 aromatic heterocycles. The molecule has 0 radical (unpaired) electrons. The molecular formula is C4H3NaO7S-2. The molecule has 0 rings (SSSR count). The van der Waals surface area contributed by atoms with E-state index in [0.717, 1.165) is 0 Å². The third kappa shape index (κ3) is 5.88. The van der Waals surface area contributed by atoms with E-state index in [0.29, 0.717) is 0 Å². The van der Waals surface area contributed by atoms with Crippen LogP contribution < -0.4 is 39.8 Å². The zero-order valence-electron chi connectivity index (χ0n) is 6.51. The van der Waals surface area contributed by atoms with Gasteiger partial charge in [0, 0.05) is 5.97 Å². The van der Waals surface area contributed by atoms with Gasteiger partial charge in [0.25, 0.3) is 0 Å². The summed E-state index contributed by atoms with van der Waals surface area (Å²) in [5.74, 6) is -4.20. The minimum atomic E-state index is -5.03. The monoisotopic (exact) mass is 218 g/mol. The Morgan fingerprint density at radius 2 is 1.69 bits per heavy atom. The summed E-state index contributed by atoms with van der Waals surface area (Å²) in [6, 6.07) is 0. The topological polar surface area (TPSA) is 135 Å². The number of rotatable bonds is 4. The number of hydrogen-bond acceptors (Lipinski definition) is 6. The first-order valence-corrected chi connectivity index (χ1v) is 3.93. The number of carboxylic acid groups (broad SMARTS) is 2.